The van der Waals surface area contributed by atoms with Crippen LogP contribution in [0.25, 0.3) is 16.7 Å². The summed E-state index contributed by atoms with van der Waals surface area (Å²) in [6.07, 6.45) is 1.76. The van der Waals surface area contributed by atoms with E-state index in [4.69, 9.17) is 0 Å². The summed E-state index contributed by atoms with van der Waals surface area (Å²) in [6, 6.07) is 16.8. The molecular formula is C16H13N3O. The maximum absolute atomic E-state index is 12.6. The van der Waals surface area contributed by atoms with E-state index in [9.17, 15) is 4.79 Å². The van der Waals surface area contributed by atoms with Crippen molar-refractivity contribution < 1.29 is 4.79 Å². The van der Waals surface area contributed by atoms with Crippen LogP contribution in [0.1, 0.15) is 17.3 Å². The minimum absolute atomic E-state index is 0.0660. The van der Waals surface area contributed by atoms with Crippen molar-refractivity contribution in [3.63, 3.8) is 0 Å². The molecule has 0 saturated heterocycles. The number of hydrogen-bond donors (Lipinski definition) is 0. The van der Waals surface area contributed by atoms with Gasteiger partial charge in [0.25, 0.3) is 0 Å². The van der Waals surface area contributed by atoms with E-state index in [1.165, 1.54) is 0 Å². The quantitative estimate of drug-likeness (QED) is 0.538. The molecule has 1 heterocycles. The van der Waals surface area contributed by atoms with Crippen LogP contribution >= 0.6 is 0 Å². The molecule has 0 bridgehead atoms. The van der Waals surface area contributed by atoms with Gasteiger partial charge in [-0.2, -0.15) is 0 Å². The van der Waals surface area contributed by atoms with Crippen molar-refractivity contribution in [1.82, 2.24) is 15.0 Å². The topological polar surface area (TPSA) is 47.8 Å². The van der Waals surface area contributed by atoms with Crippen LogP contribution in [0.3, 0.4) is 0 Å². The van der Waals surface area contributed by atoms with Gasteiger partial charge in [0.05, 0.1) is 5.52 Å². The smallest absolute Gasteiger partial charge is 0.211 e. The fourth-order valence-electron chi connectivity index (χ4n) is 2.13. The predicted octanol–water partition coefficient (Wildman–Crippen LogP) is 3.18. The summed E-state index contributed by atoms with van der Waals surface area (Å²) < 4.78 is 1.59. The Bertz CT molecular complexity index is 788. The van der Waals surface area contributed by atoms with Gasteiger partial charge in [-0.15, -0.1) is 5.10 Å². The van der Waals surface area contributed by atoms with Gasteiger partial charge in [0.2, 0.25) is 5.78 Å². The predicted molar refractivity (Wildman–Crippen MR) is 78.2 cm³/mol. The van der Waals surface area contributed by atoms with Crippen LogP contribution in [0.15, 0.2) is 60.7 Å². The minimum Gasteiger partial charge on any atom is -0.287 e. The number of carbonyl (C=O) groups is 1. The molecule has 4 nitrogen and oxygen atoms in total. The maximum atomic E-state index is 12.6. The molecule has 0 aliphatic carbocycles. The number of aromatic nitrogens is 3. The van der Waals surface area contributed by atoms with Crippen molar-refractivity contribution in [2.45, 2.75) is 6.92 Å². The van der Waals surface area contributed by atoms with E-state index in [0.29, 0.717) is 11.3 Å². The van der Waals surface area contributed by atoms with Crippen molar-refractivity contribution in [1.29, 1.82) is 0 Å². The molecule has 0 radical (unpaired) electrons. The largest absolute Gasteiger partial charge is 0.287 e. The van der Waals surface area contributed by atoms with Gasteiger partial charge in [0.15, 0.2) is 0 Å². The molecule has 0 spiro atoms. The van der Waals surface area contributed by atoms with E-state index in [2.05, 4.69) is 10.3 Å². The zero-order valence-electron chi connectivity index (χ0n) is 11.0. The number of fused-ring (bicyclic) bond motifs is 1. The van der Waals surface area contributed by atoms with Crippen molar-refractivity contribution in [3.8, 4) is 0 Å². The number of benzene rings is 2. The molecule has 3 aromatic rings. The van der Waals surface area contributed by atoms with Crippen LogP contribution in [-0.2, 0) is 0 Å². The zero-order valence-corrected chi connectivity index (χ0v) is 11.0. The Labute approximate surface area is 116 Å². The highest BCUT2D eigenvalue weighted by Crippen LogP contribution is 2.18. The van der Waals surface area contributed by atoms with Crippen LogP contribution in [0, 0.1) is 0 Å². The summed E-state index contributed by atoms with van der Waals surface area (Å²) in [6.45, 7) is 1.83. The summed E-state index contributed by atoms with van der Waals surface area (Å²) in [4.78, 5) is 12.6. The van der Waals surface area contributed by atoms with Gasteiger partial charge in [-0.1, -0.05) is 53.8 Å². The lowest BCUT2D eigenvalue weighted by molar-refractivity contribution is 0.105. The fourth-order valence-corrected chi connectivity index (χ4v) is 2.13. The molecular weight excluding hydrogens is 250 g/mol. The number of ketones is 1. The van der Waals surface area contributed by atoms with E-state index < -0.39 is 0 Å². The highest BCUT2D eigenvalue weighted by molar-refractivity contribution is 6.24. The fraction of sp³-hybridized carbons (Fsp3) is 0.0625. The number of carbonyl (C=O) groups excluding carboxylic acids is 1. The first-order valence-corrected chi connectivity index (χ1v) is 6.38. The molecule has 0 atom stereocenters. The summed E-state index contributed by atoms with van der Waals surface area (Å²) in [5.41, 5.74) is 2.74. The Balaban J connectivity index is 2.09. The van der Waals surface area contributed by atoms with Gasteiger partial charge >= 0.3 is 0 Å². The second-order valence-electron chi connectivity index (χ2n) is 4.36. The molecule has 98 valence electrons. The van der Waals surface area contributed by atoms with Gasteiger partial charge in [-0.3, -0.25) is 4.79 Å². The number of para-hydroxylation sites is 1. The van der Waals surface area contributed by atoms with E-state index in [1.807, 2.05) is 49.4 Å². The molecule has 0 N–H and O–H groups in total. The molecule has 4 heteroatoms. The van der Waals surface area contributed by atoms with Crippen molar-refractivity contribution >= 4 is 22.5 Å². The molecule has 20 heavy (non-hydrogen) atoms. The van der Waals surface area contributed by atoms with Crippen LogP contribution in [-0.4, -0.2) is 20.8 Å². The molecule has 2 aromatic carbocycles. The van der Waals surface area contributed by atoms with E-state index in [0.717, 1.165) is 11.0 Å². The molecule has 0 amide bonds. The lowest BCUT2D eigenvalue weighted by Crippen LogP contribution is -2.10. The highest BCUT2D eigenvalue weighted by atomic mass is 16.1. The Morgan fingerprint density at radius 2 is 1.75 bits per heavy atom. The van der Waals surface area contributed by atoms with Crippen molar-refractivity contribution in [2.75, 3.05) is 0 Å². The molecule has 0 saturated carbocycles. The number of hydrogen-bond acceptors (Lipinski definition) is 3. The molecule has 0 aliphatic heterocycles. The third-order valence-electron chi connectivity index (χ3n) is 3.12. The number of Topliss-reactive ketones (excluding diaryl/α,β-unsaturated/α-hetero) is 1. The molecule has 0 aliphatic rings. The normalized spacial score (nSPS) is 11.8. The zero-order chi connectivity index (χ0) is 13.9. The lowest BCUT2D eigenvalue weighted by atomic mass is 10.1. The molecule has 3 rings (SSSR count). The minimum atomic E-state index is -0.0660. The van der Waals surface area contributed by atoms with Gasteiger partial charge in [0, 0.05) is 5.56 Å². The van der Waals surface area contributed by atoms with E-state index >= 15 is 0 Å². The maximum Gasteiger partial charge on any atom is 0.211 e. The average molecular weight is 263 g/mol. The average Bonchev–Trinajstić information content (AvgIpc) is 2.93. The Kier molecular flexibility index (Phi) is 3.13. The second-order valence-corrected chi connectivity index (χ2v) is 4.36. The highest BCUT2D eigenvalue weighted by Gasteiger charge is 2.16. The number of rotatable bonds is 3. The van der Waals surface area contributed by atoms with Gasteiger partial charge in [-0.05, 0) is 19.1 Å². The second kappa shape index (κ2) is 5.09. The Hall–Kier alpha value is -2.75. The summed E-state index contributed by atoms with van der Waals surface area (Å²) in [5, 5.41) is 8.17. The lowest BCUT2D eigenvalue weighted by Gasteiger charge is -2.06. The van der Waals surface area contributed by atoms with Gasteiger partial charge in [-0.25, -0.2) is 4.68 Å². The SMILES string of the molecule is C/C=C(\C(=O)c1ccccc1)n1nnc2ccccc21. The monoisotopic (exact) mass is 263 g/mol. The van der Waals surface area contributed by atoms with Crippen LogP contribution in [0.4, 0.5) is 0 Å². The van der Waals surface area contributed by atoms with Crippen molar-refractivity contribution in [3.05, 3.63) is 66.2 Å². The number of nitrogens with zero attached hydrogens (tertiary/aromatic N) is 3. The van der Waals surface area contributed by atoms with E-state index in [-0.39, 0.29) is 5.78 Å². The van der Waals surface area contributed by atoms with E-state index in [1.54, 1.807) is 22.9 Å². The molecule has 0 unspecified atom stereocenters. The van der Waals surface area contributed by atoms with Crippen LogP contribution in [0.2, 0.25) is 0 Å². The molecule has 1 aromatic heterocycles. The van der Waals surface area contributed by atoms with Crippen molar-refractivity contribution in [2.24, 2.45) is 0 Å². The Morgan fingerprint density at radius 3 is 2.50 bits per heavy atom. The molecule has 0 fully saturated rings. The first kappa shape index (κ1) is 12.3. The summed E-state index contributed by atoms with van der Waals surface area (Å²) in [7, 11) is 0. The first-order valence-electron chi connectivity index (χ1n) is 6.38. The summed E-state index contributed by atoms with van der Waals surface area (Å²) >= 11 is 0. The van der Waals surface area contributed by atoms with Crippen LogP contribution < -0.4 is 0 Å². The van der Waals surface area contributed by atoms with Gasteiger partial charge in [0.1, 0.15) is 11.2 Å². The summed E-state index contributed by atoms with van der Waals surface area (Å²) in [5.74, 6) is -0.0660. The Morgan fingerprint density at radius 1 is 1.05 bits per heavy atom. The van der Waals surface area contributed by atoms with Crippen LogP contribution in [0.5, 0.6) is 0 Å². The third-order valence-corrected chi connectivity index (χ3v) is 3.12. The first-order chi connectivity index (χ1) is 9.81. The van der Waals surface area contributed by atoms with Gasteiger partial charge < -0.3 is 0 Å². The third kappa shape index (κ3) is 2.01. The number of allylic oxidation sites excluding steroid dienone is 2. The standard InChI is InChI=1S/C16H13N3O/c1-2-14(16(20)12-8-4-3-5-9-12)19-15-11-7-6-10-13(15)17-18-19/h2-11H,1H3/b14-2+.